The van der Waals surface area contributed by atoms with E-state index in [2.05, 4.69) is 26.1 Å². The first-order valence-electron chi connectivity index (χ1n) is 8.56. The van der Waals surface area contributed by atoms with Crippen LogP contribution >= 0.6 is 0 Å². The molecule has 0 spiro atoms. The molecule has 0 aliphatic heterocycles. The second-order valence-electron chi connectivity index (χ2n) is 6.41. The van der Waals surface area contributed by atoms with Gasteiger partial charge in [-0.25, -0.2) is 14.6 Å². The van der Waals surface area contributed by atoms with Crippen LogP contribution in [0, 0.1) is 29.6 Å². The van der Waals surface area contributed by atoms with Gasteiger partial charge in [0, 0.05) is 11.3 Å². The van der Waals surface area contributed by atoms with Crippen molar-refractivity contribution >= 4 is 11.0 Å². The van der Waals surface area contributed by atoms with Crippen LogP contribution in [0.15, 0.2) is 36.4 Å². The highest BCUT2D eigenvalue weighted by Gasteiger charge is 2.18. The largest absolute Gasteiger partial charge is 0.389 e. The quantitative estimate of drug-likeness (QED) is 0.571. The number of nitrogens with one attached hydrogen (secondary N) is 1. The molecule has 4 aromatic rings. The summed E-state index contributed by atoms with van der Waals surface area (Å²) in [4.78, 5) is 12.4. The molecular formula is C20H15N7O. The number of aliphatic hydroxyl groups excluding tert-OH is 1. The lowest BCUT2D eigenvalue weighted by atomic mass is 10.1. The Bertz CT molecular complexity index is 1280. The van der Waals surface area contributed by atoms with Crippen molar-refractivity contribution in [3.63, 3.8) is 0 Å². The van der Waals surface area contributed by atoms with Crippen molar-refractivity contribution in [2.45, 2.75) is 20.0 Å². The highest BCUT2D eigenvalue weighted by atomic mass is 16.3. The zero-order valence-electron chi connectivity index (χ0n) is 15.2. The third-order valence-corrected chi connectivity index (χ3v) is 4.41. The predicted molar refractivity (Wildman–Crippen MR) is 101 cm³/mol. The number of nitriles is 2. The van der Waals surface area contributed by atoms with Crippen molar-refractivity contribution in [2.75, 3.05) is 0 Å². The Morgan fingerprint density at radius 2 is 1.93 bits per heavy atom. The van der Waals surface area contributed by atoms with Crippen LogP contribution in [0.25, 0.3) is 28.4 Å². The summed E-state index contributed by atoms with van der Waals surface area (Å²) in [5.74, 6) is 0.971. The molecule has 1 aromatic carbocycles. The molecule has 0 saturated heterocycles. The molecule has 2 N–H and O–H groups in total. The van der Waals surface area contributed by atoms with Gasteiger partial charge < -0.3 is 10.1 Å². The highest BCUT2D eigenvalue weighted by molar-refractivity contribution is 5.80. The van der Waals surface area contributed by atoms with Crippen molar-refractivity contribution in [3.05, 3.63) is 58.9 Å². The van der Waals surface area contributed by atoms with Crippen molar-refractivity contribution in [1.29, 1.82) is 10.5 Å². The van der Waals surface area contributed by atoms with E-state index in [0.29, 0.717) is 28.5 Å². The Morgan fingerprint density at radius 3 is 2.61 bits per heavy atom. The molecule has 3 heterocycles. The van der Waals surface area contributed by atoms with Gasteiger partial charge in [0.1, 0.15) is 11.8 Å². The van der Waals surface area contributed by atoms with Gasteiger partial charge in [-0.2, -0.15) is 15.6 Å². The van der Waals surface area contributed by atoms with E-state index in [1.807, 2.05) is 13.0 Å². The number of aromatic nitrogens is 5. The second kappa shape index (κ2) is 6.62. The van der Waals surface area contributed by atoms with Crippen LogP contribution in [0.1, 0.15) is 35.5 Å². The van der Waals surface area contributed by atoms with E-state index in [-0.39, 0.29) is 5.69 Å². The van der Waals surface area contributed by atoms with Crippen LogP contribution in [-0.2, 0) is 0 Å². The molecule has 0 amide bonds. The zero-order chi connectivity index (χ0) is 19.8. The minimum absolute atomic E-state index is 0.272. The highest BCUT2D eigenvalue weighted by Crippen LogP contribution is 2.26. The van der Waals surface area contributed by atoms with Gasteiger partial charge in [-0.15, -0.1) is 0 Å². The summed E-state index contributed by atoms with van der Waals surface area (Å²) >= 11 is 0. The van der Waals surface area contributed by atoms with E-state index in [1.165, 1.54) is 0 Å². The molecule has 3 aromatic heterocycles. The molecule has 1 unspecified atom stereocenters. The summed E-state index contributed by atoms with van der Waals surface area (Å²) in [7, 11) is 0. The van der Waals surface area contributed by atoms with Crippen LogP contribution < -0.4 is 0 Å². The maximum Gasteiger partial charge on any atom is 0.163 e. The topological polar surface area (TPSA) is 127 Å². The van der Waals surface area contributed by atoms with Gasteiger partial charge in [-0.1, -0.05) is 6.07 Å². The number of H-pyrrole nitrogens is 1. The lowest BCUT2D eigenvalue weighted by molar-refractivity contribution is 0.198. The van der Waals surface area contributed by atoms with E-state index < -0.39 is 6.10 Å². The van der Waals surface area contributed by atoms with E-state index in [4.69, 9.17) is 10.5 Å². The molecule has 4 rings (SSSR count). The number of aryl methyl sites for hydroxylation is 1. The van der Waals surface area contributed by atoms with Gasteiger partial charge in [0.15, 0.2) is 17.3 Å². The minimum Gasteiger partial charge on any atom is -0.389 e. The molecule has 0 radical (unpaired) electrons. The fraction of sp³-hybridized carbons (Fsp3) is 0.150. The molecule has 0 aliphatic rings. The van der Waals surface area contributed by atoms with E-state index >= 15 is 0 Å². The van der Waals surface area contributed by atoms with Gasteiger partial charge >= 0.3 is 0 Å². The molecule has 0 saturated carbocycles. The van der Waals surface area contributed by atoms with Crippen molar-refractivity contribution in [1.82, 2.24) is 24.7 Å². The molecule has 136 valence electrons. The van der Waals surface area contributed by atoms with Crippen LogP contribution in [0.4, 0.5) is 0 Å². The third kappa shape index (κ3) is 2.88. The third-order valence-electron chi connectivity index (χ3n) is 4.41. The predicted octanol–water partition coefficient (Wildman–Crippen LogP) is 2.92. The number of imidazole rings is 1. The molecular weight excluding hydrogens is 354 g/mol. The molecule has 28 heavy (non-hydrogen) atoms. The minimum atomic E-state index is -0.764. The number of pyridine rings is 1. The van der Waals surface area contributed by atoms with Gasteiger partial charge in [0.05, 0.1) is 28.8 Å². The lowest BCUT2D eigenvalue weighted by Gasteiger charge is -2.13. The van der Waals surface area contributed by atoms with Gasteiger partial charge in [0.25, 0.3) is 0 Å². The van der Waals surface area contributed by atoms with Crippen molar-refractivity contribution in [2.24, 2.45) is 0 Å². The van der Waals surface area contributed by atoms with E-state index in [1.54, 1.807) is 48.0 Å². The van der Waals surface area contributed by atoms with Crippen LogP contribution in [0.2, 0.25) is 0 Å². The molecule has 1 atom stereocenters. The second-order valence-corrected chi connectivity index (χ2v) is 6.41. The average Bonchev–Trinajstić information content (AvgIpc) is 3.29. The Morgan fingerprint density at radius 1 is 1.11 bits per heavy atom. The Hall–Kier alpha value is -4.01. The van der Waals surface area contributed by atoms with Crippen molar-refractivity contribution in [3.8, 4) is 29.5 Å². The van der Waals surface area contributed by atoms with Gasteiger partial charge in [-0.05, 0) is 44.2 Å². The number of aliphatic hydroxyl groups is 1. The zero-order valence-corrected chi connectivity index (χ0v) is 15.2. The summed E-state index contributed by atoms with van der Waals surface area (Å²) < 4.78 is 1.54. The first kappa shape index (κ1) is 17.4. The van der Waals surface area contributed by atoms with Gasteiger partial charge in [-0.3, -0.25) is 0 Å². The standard InChI is InChI=1S/C20H15N7O/c1-11-7-14(10-22)26-27(11)20-15(12(2)28)4-6-17(25-20)19-23-16-5-3-13(9-21)8-18(16)24-19/h3-8,12,28H,1-2H3,(H,23,24). The first-order chi connectivity index (χ1) is 13.5. The normalized spacial score (nSPS) is 11.9. The average molecular weight is 369 g/mol. The molecule has 0 fully saturated rings. The number of fused-ring (bicyclic) bond motifs is 1. The van der Waals surface area contributed by atoms with Crippen LogP contribution in [-0.4, -0.2) is 29.8 Å². The summed E-state index contributed by atoms with van der Waals surface area (Å²) in [6, 6.07) is 14.5. The molecule has 8 heteroatoms. The lowest BCUT2D eigenvalue weighted by Crippen LogP contribution is -2.09. The number of rotatable bonds is 3. The number of hydrogen-bond acceptors (Lipinski definition) is 6. The van der Waals surface area contributed by atoms with Crippen LogP contribution in [0.5, 0.6) is 0 Å². The number of hydrogen-bond donors (Lipinski definition) is 2. The fourth-order valence-electron chi connectivity index (χ4n) is 3.03. The summed E-state index contributed by atoms with van der Waals surface area (Å²) in [6.45, 7) is 3.47. The summed E-state index contributed by atoms with van der Waals surface area (Å²) in [5.41, 5.74) is 4.14. The van der Waals surface area contributed by atoms with E-state index in [9.17, 15) is 5.11 Å². The number of benzene rings is 1. The Kier molecular flexibility index (Phi) is 4.11. The Balaban J connectivity index is 1.89. The van der Waals surface area contributed by atoms with Gasteiger partial charge in [0.2, 0.25) is 0 Å². The number of aromatic amines is 1. The summed E-state index contributed by atoms with van der Waals surface area (Å²) in [5, 5.41) is 32.6. The Labute approximate surface area is 160 Å². The SMILES string of the molecule is Cc1cc(C#N)nn1-c1nc(-c2nc3ccc(C#N)cc3[nH]2)ccc1C(C)O. The fourth-order valence-corrected chi connectivity index (χ4v) is 3.03. The first-order valence-corrected chi connectivity index (χ1v) is 8.56. The molecule has 0 aliphatic carbocycles. The summed E-state index contributed by atoms with van der Waals surface area (Å²) in [6.07, 6.45) is -0.764. The maximum absolute atomic E-state index is 10.2. The van der Waals surface area contributed by atoms with Crippen molar-refractivity contribution < 1.29 is 5.11 Å². The molecule has 8 nitrogen and oxygen atoms in total. The monoisotopic (exact) mass is 369 g/mol. The van der Waals surface area contributed by atoms with E-state index in [0.717, 1.165) is 16.7 Å². The maximum atomic E-state index is 10.2. The molecule has 0 bridgehead atoms. The number of nitrogens with zero attached hydrogens (tertiary/aromatic N) is 6. The smallest absolute Gasteiger partial charge is 0.163 e. The van der Waals surface area contributed by atoms with Crippen LogP contribution in [0.3, 0.4) is 0 Å².